The van der Waals surface area contributed by atoms with Gasteiger partial charge in [0.2, 0.25) is 10.0 Å². The number of fused-ring (bicyclic) bond motifs is 1. The van der Waals surface area contributed by atoms with E-state index in [-0.39, 0.29) is 72.0 Å². The summed E-state index contributed by atoms with van der Waals surface area (Å²) in [7, 11) is -2.84. The van der Waals surface area contributed by atoms with Crippen LogP contribution in [0.15, 0.2) is 65.1 Å². The predicted octanol–water partition coefficient (Wildman–Crippen LogP) is 6.86. The molecule has 12 nitrogen and oxygen atoms in total. The standard InChI is InChI=1S/C39H43F2N3O9S/c1-7-32(45)35-30-21-29(31(44(16-15-40)54(6,49)50)22-33(30)52-36(35)24-11-13-27(41)14-12-24)25-9-8-10-26(19-25)37(47)43-18-17-42(38(48)53-39(2,3)4)23-28(43)20-34(46)51-5/h8-14,19,21-22,28H,7,15-18,20,23H2,1-6H3. The average molecular weight is 768 g/mol. The number of anilines is 1. The van der Waals surface area contributed by atoms with E-state index in [1.54, 1.807) is 58.0 Å². The highest BCUT2D eigenvalue weighted by Gasteiger charge is 2.36. The maximum Gasteiger partial charge on any atom is 0.410 e. The van der Waals surface area contributed by atoms with Gasteiger partial charge in [-0.05, 0) is 68.8 Å². The molecule has 1 unspecified atom stereocenters. The number of carbonyl (C=O) groups is 4. The second-order valence-electron chi connectivity index (χ2n) is 13.9. The summed E-state index contributed by atoms with van der Waals surface area (Å²) < 4.78 is 71.5. The second kappa shape index (κ2) is 16.0. The number of Topliss-reactive ketones (excluding diaryl/α,β-unsaturated/α-hetero) is 1. The molecule has 54 heavy (non-hydrogen) atoms. The van der Waals surface area contributed by atoms with Crippen LogP contribution in [0.25, 0.3) is 33.4 Å². The number of ketones is 1. The maximum absolute atomic E-state index is 14.2. The van der Waals surface area contributed by atoms with Gasteiger partial charge >= 0.3 is 12.1 Å². The third-order valence-corrected chi connectivity index (χ3v) is 10.1. The number of halogens is 2. The van der Waals surface area contributed by atoms with Crippen molar-refractivity contribution in [1.29, 1.82) is 0 Å². The topological polar surface area (TPSA) is 144 Å². The van der Waals surface area contributed by atoms with Crippen molar-refractivity contribution in [2.75, 3.05) is 50.5 Å². The molecule has 0 radical (unpaired) electrons. The Bertz CT molecular complexity index is 2180. The third kappa shape index (κ3) is 8.73. The number of esters is 1. The number of sulfonamides is 1. The van der Waals surface area contributed by atoms with Crippen LogP contribution in [0.3, 0.4) is 0 Å². The molecule has 4 aromatic rings. The molecule has 15 heteroatoms. The quantitative estimate of drug-likeness (QED) is 0.118. The van der Waals surface area contributed by atoms with Crippen molar-refractivity contribution in [3.05, 3.63) is 77.6 Å². The van der Waals surface area contributed by atoms with Crippen LogP contribution in [-0.2, 0) is 24.3 Å². The lowest BCUT2D eigenvalue weighted by Crippen LogP contribution is -2.57. The lowest BCUT2D eigenvalue weighted by molar-refractivity contribution is -0.142. The molecule has 2 heterocycles. The van der Waals surface area contributed by atoms with E-state index in [2.05, 4.69) is 0 Å². The number of amides is 2. The average Bonchev–Trinajstić information content (AvgIpc) is 3.50. The van der Waals surface area contributed by atoms with Crippen LogP contribution >= 0.6 is 0 Å². The molecule has 1 aliphatic rings. The molecular formula is C39H43F2N3O9S. The van der Waals surface area contributed by atoms with E-state index < -0.39 is 58.7 Å². The Morgan fingerprint density at radius 1 is 1.00 bits per heavy atom. The van der Waals surface area contributed by atoms with Gasteiger partial charge in [0.15, 0.2) is 5.78 Å². The van der Waals surface area contributed by atoms with Gasteiger partial charge in [-0.1, -0.05) is 19.1 Å². The minimum absolute atomic E-state index is 0.00786. The Kier molecular flexibility index (Phi) is 11.8. The minimum Gasteiger partial charge on any atom is -0.469 e. The third-order valence-electron chi connectivity index (χ3n) is 8.92. The number of methoxy groups -OCH3 is 1. The van der Waals surface area contributed by atoms with E-state index in [9.17, 15) is 36.4 Å². The number of furan rings is 1. The van der Waals surface area contributed by atoms with Crippen LogP contribution in [0.1, 0.15) is 61.3 Å². The fraction of sp³-hybridized carbons (Fsp3) is 0.385. The largest absolute Gasteiger partial charge is 0.469 e. The van der Waals surface area contributed by atoms with Crippen molar-refractivity contribution in [2.45, 2.75) is 52.2 Å². The van der Waals surface area contributed by atoms with Gasteiger partial charge in [0.1, 0.15) is 29.4 Å². The van der Waals surface area contributed by atoms with Crippen molar-refractivity contribution >= 4 is 50.4 Å². The highest BCUT2D eigenvalue weighted by molar-refractivity contribution is 7.92. The Hall–Kier alpha value is -5.31. The molecule has 0 aliphatic carbocycles. The number of alkyl halides is 1. The first kappa shape index (κ1) is 39.9. The van der Waals surface area contributed by atoms with Crippen molar-refractivity contribution in [2.24, 2.45) is 0 Å². The number of benzene rings is 3. The molecule has 5 rings (SSSR count). The number of hydrogen-bond donors (Lipinski definition) is 0. The molecule has 0 spiro atoms. The van der Waals surface area contributed by atoms with Crippen molar-refractivity contribution in [3.8, 4) is 22.5 Å². The van der Waals surface area contributed by atoms with E-state index in [0.29, 0.717) is 16.5 Å². The van der Waals surface area contributed by atoms with Gasteiger partial charge in [-0.15, -0.1) is 0 Å². The molecule has 0 saturated carbocycles. The zero-order valence-corrected chi connectivity index (χ0v) is 31.8. The summed E-state index contributed by atoms with van der Waals surface area (Å²) >= 11 is 0. The summed E-state index contributed by atoms with van der Waals surface area (Å²) in [6.45, 7) is 5.55. The summed E-state index contributed by atoms with van der Waals surface area (Å²) in [6.07, 6.45) is 0.253. The summed E-state index contributed by atoms with van der Waals surface area (Å²) in [6, 6.07) is 13.9. The molecule has 1 saturated heterocycles. The highest BCUT2D eigenvalue weighted by atomic mass is 32.2. The molecule has 1 aliphatic heterocycles. The number of nitrogens with zero attached hydrogens (tertiary/aromatic N) is 3. The second-order valence-corrected chi connectivity index (χ2v) is 15.8. The summed E-state index contributed by atoms with van der Waals surface area (Å²) in [5, 5.41) is 0.335. The fourth-order valence-corrected chi connectivity index (χ4v) is 7.33. The molecule has 3 aromatic carbocycles. The minimum atomic E-state index is -4.07. The van der Waals surface area contributed by atoms with Crippen LogP contribution in [0, 0.1) is 5.82 Å². The zero-order chi connectivity index (χ0) is 39.5. The van der Waals surface area contributed by atoms with E-state index in [4.69, 9.17) is 13.9 Å². The van der Waals surface area contributed by atoms with Gasteiger partial charge in [-0.2, -0.15) is 0 Å². The first-order chi connectivity index (χ1) is 25.4. The van der Waals surface area contributed by atoms with E-state index in [1.807, 2.05) is 0 Å². The van der Waals surface area contributed by atoms with Crippen LogP contribution in [0.4, 0.5) is 19.3 Å². The maximum atomic E-state index is 14.2. The van der Waals surface area contributed by atoms with Gasteiger partial charge in [0.25, 0.3) is 5.91 Å². The first-order valence-electron chi connectivity index (χ1n) is 17.3. The lowest BCUT2D eigenvalue weighted by atomic mass is 9.95. The van der Waals surface area contributed by atoms with Crippen LogP contribution < -0.4 is 4.31 Å². The van der Waals surface area contributed by atoms with Gasteiger partial charge in [0, 0.05) is 54.2 Å². The molecule has 2 amide bonds. The lowest BCUT2D eigenvalue weighted by Gasteiger charge is -2.41. The number of ether oxygens (including phenoxy) is 2. The van der Waals surface area contributed by atoms with Crippen molar-refractivity contribution in [3.63, 3.8) is 0 Å². The van der Waals surface area contributed by atoms with Gasteiger partial charge in [-0.25, -0.2) is 22.0 Å². The summed E-state index contributed by atoms with van der Waals surface area (Å²) in [4.78, 5) is 56.0. The number of piperazine rings is 1. The summed E-state index contributed by atoms with van der Waals surface area (Å²) in [5.74, 6) is -1.68. The fourth-order valence-electron chi connectivity index (χ4n) is 6.42. The molecule has 1 atom stereocenters. The Balaban J connectivity index is 1.64. The van der Waals surface area contributed by atoms with Crippen LogP contribution in [0.5, 0.6) is 0 Å². The van der Waals surface area contributed by atoms with Crippen molar-refractivity contribution in [1.82, 2.24) is 9.80 Å². The van der Waals surface area contributed by atoms with E-state index >= 15 is 0 Å². The Labute approximate surface area is 312 Å². The molecule has 288 valence electrons. The molecule has 1 fully saturated rings. The Morgan fingerprint density at radius 2 is 1.70 bits per heavy atom. The highest BCUT2D eigenvalue weighted by Crippen LogP contribution is 2.42. The van der Waals surface area contributed by atoms with Gasteiger partial charge < -0.3 is 23.7 Å². The van der Waals surface area contributed by atoms with Gasteiger partial charge in [0.05, 0.1) is 43.6 Å². The molecule has 0 N–H and O–H groups in total. The molecule has 1 aromatic heterocycles. The Morgan fingerprint density at radius 3 is 2.31 bits per heavy atom. The van der Waals surface area contributed by atoms with Crippen LogP contribution in [0.2, 0.25) is 0 Å². The smallest absolute Gasteiger partial charge is 0.410 e. The SMILES string of the molecule is CCC(=O)c1c(-c2ccc(F)cc2)oc2cc(N(CCF)S(C)(=O)=O)c(-c3cccc(C(=O)N4CCN(C(=O)OC(C)(C)C)CC4CC(=O)OC)c3)cc12. The van der Waals surface area contributed by atoms with E-state index in [1.165, 1.54) is 47.2 Å². The predicted molar refractivity (Wildman–Crippen MR) is 199 cm³/mol. The van der Waals surface area contributed by atoms with Crippen molar-refractivity contribution < 1.29 is 50.3 Å². The monoisotopic (exact) mass is 767 g/mol. The van der Waals surface area contributed by atoms with Gasteiger partial charge in [-0.3, -0.25) is 18.7 Å². The number of carbonyl (C=O) groups excluding carboxylic acids is 4. The normalized spacial score (nSPS) is 14.9. The van der Waals surface area contributed by atoms with E-state index in [0.717, 1.165) is 10.6 Å². The molecule has 0 bridgehead atoms. The van der Waals surface area contributed by atoms with Crippen LogP contribution in [-0.4, -0.2) is 99.8 Å². The number of rotatable bonds is 11. The number of hydrogen-bond acceptors (Lipinski definition) is 9. The zero-order valence-electron chi connectivity index (χ0n) is 31.0. The summed E-state index contributed by atoms with van der Waals surface area (Å²) in [5.41, 5.74) is 0.829. The molecular weight excluding hydrogens is 725 g/mol. The first-order valence-corrected chi connectivity index (χ1v) is 19.2.